The molecule has 0 saturated carbocycles. The topological polar surface area (TPSA) is 102 Å². The number of benzene rings is 1. The van der Waals surface area contributed by atoms with Gasteiger partial charge in [0, 0.05) is 18.5 Å². The first-order valence-corrected chi connectivity index (χ1v) is 8.40. The maximum Gasteiger partial charge on any atom is 0.262 e. The Balaban J connectivity index is 1.68. The summed E-state index contributed by atoms with van der Waals surface area (Å²) in [6.07, 6.45) is 1.58. The maximum atomic E-state index is 12.2. The summed E-state index contributed by atoms with van der Waals surface area (Å²) in [5, 5.41) is 16.9. The Morgan fingerprint density at radius 3 is 2.85 bits per heavy atom. The number of nitrogens with zero attached hydrogens (tertiary/aromatic N) is 4. The molecule has 138 valence electrons. The molecule has 3 aromatic rings. The molecule has 0 aliphatic rings. The van der Waals surface area contributed by atoms with E-state index in [0.29, 0.717) is 29.4 Å². The smallest absolute Gasteiger partial charge is 0.262 e. The molecule has 1 aromatic carbocycles. The van der Waals surface area contributed by atoms with Crippen molar-refractivity contribution >= 4 is 22.6 Å². The third-order valence-corrected chi connectivity index (χ3v) is 3.88. The van der Waals surface area contributed by atoms with Crippen LogP contribution >= 0.6 is 0 Å². The second-order valence-electron chi connectivity index (χ2n) is 5.85. The average molecular weight is 365 g/mol. The van der Waals surface area contributed by atoms with Crippen molar-refractivity contribution in [1.82, 2.24) is 14.8 Å². The van der Waals surface area contributed by atoms with Crippen LogP contribution in [0.2, 0.25) is 0 Å². The Morgan fingerprint density at radius 2 is 2.11 bits per heavy atom. The van der Waals surface area contributed by atoms with E-state index >= 15 is 0 Å². The first-order valence-electron chi connectivity index (χ1n) is 8.40. The lowest BCUT2D eigenvalue weighted by Crippen LogP contribution is -2.20. The van der Waals surface area contributed by atoms with Crippen LogP contribution in [0.5, 0.6) is 11.5 Å². The molecule has 0 aliphatic carbocycles. The summed E-state index contributed by atoms with van der Waals surface area (Å²) in [7, 11) is 1.82. The van der Waals surface area contributed by atoms with Crippen LogP contribution in [0.4, 0.5) is 5.69 Å². The van der Waals surface area contributed by atoms with Crippen molar-refractivity contribution < 1.29 is 14.3 Å². The number of carbonyl (C=O) groups is 1. The highest BCUT2D eigenvalue weighted by molar-refractivity contribution is 5.94. The van der Waals surface area contributed by atoms with E-state index in [-0.39, 0.29) is 12.5 Å². The lowest BCUT2D eigenvalue weighted by molar-refractivity contribution is -0.118. The lowest BCUT2D eigenvalue weighted by Gasteiger charge is -2.12. The Hall–Kier alpha value is -3.60. The second kappa shape index (κ2) is 7.74. The molecule has 0 atom stereocenters. The molecule has 0 spiro atoms. The van der Waals surface area contributed by atoms with Crippen LogP contribution in [-0.2, 0) is 11.8 Å². The van der Waals surface area contributed by atoms with Crippen molar-refractivity contribution in [3.63, 3.8) is 0 Å². The van der Waals surface area contributed by atoms with Gasteiger partial charge < -0.3 is 14.8 Å². The fourth-order valence-electron chi connectivity index (χ4n) is 2.68. The minimum absolute atomic E-state index is 0.198. The van der Waals surface area contributed by atoms with E-state index < -0.39 is 0 Å². The van der Waals surface area contributed by atoms with Crippen molar-refractivity contribution in [1.29, 1.82) is 5.26 Å². The first kappa shape index (κ1) is 18.2. The number of hydrogen-bond acceptors (Lipinski definition) is 6. The number of aromatic nitrogens is 3. The molecule has 0 radical (unpaired) electrons. The summed E-state index contributed by atoms with van der Waals surface area (Å²) in [6, 6.07) is 8.68. The number of carbonyl (C=O) groups excluding carboxylic acids is 1. The number of nitrogens with one attached hydrogen (secondary N) is 1. The Bertz CT molecular complexity index is 1040. The highest BCUT2D eigenvalue weighted by atomic mass is 16.5. The number of rotatable bonds is 6. The number of anilines is 1. The zero-order valence-corrected chi connectivity index (χ0v) is 15.3. The molecule has 2 aromatic heterocycles. The number of amides is 1. The molecule has 0 aliphatic heterocycles. The largest absolute Gasteiger partial charge is 0.490 e. The summed E-state index contributed by atoms with van der Waals surface area (Å²) in [4.78, 5) is 16.6. The van der Waals surface area contributed by atoms with E-state index in [1.54, 1.807) is 29.1 Å². The third kappa shape index (κ3) is 3.98. The highest BCUT2D eigenvalue weighted by Crippen LogP contribution is 2.28. The molecule has 2 heterocycles. The summed E-state index contributed by atoms with van der Waals surface area (Å²) in [6.45, 7) is 3.95. The molecule has 3 rings (SSSR count). The van der Waals surface area contributed by atoms with E-state index in [0.717, 1.165) is 16.7 Å². The minimum Gasteiger partial charge on any atom is -0.490 e. The van der Waals surface area contributed by atoms with Gasteiger partial charge in [0.15, 0.2) is 23.8 Å². The number of pyridine rings is 1. The van der Waals surface area contributed by atoms with Gasteiger partial charge in [-0.05, 0) is 32.0 Å². The molecular weight excluding hydrogens is 346 g/mol. The van der Waals surface area contributed by atoms with Crippen LogP contribution < -0.4 is 14.8 Å². The van der Waals surface area contributed by atoms with Gasteiger partial charge in [0.1, 0.15) is 0 Å². The van der Waals surface area contributed by atoms with Gasteiger partial charge in [-0.25, -0.2) is 4.98 Å². The molecule has 27 heavy (non-hydrogen) atoms. The van der Waals surface area contributed by atoms with Crippen LogP contribution in [-0.4, -0.2) is 33.9 Å². The molecule has 1 amide bonds. The number of fused-ring (bicyclic) bond motifs is 1. The van der Waals surface area contributed by atoms with E-state index in [9.17, 15) is 4.79 Å². The predicted octanol–water partition coefficient (Wildman–Crippen LogP) is 2.56. The molecule has 0 saturated heterocycles. The van der Waals surface area contributed by atoms with Gasteiger partial charge in [-0.3, -0.25) is 9.48 Å². The van der Waals surface area contributed by atoms with E-state index in [2.05, 4.69) is 15.4 Å². The molecule has 0 unspecified atom stereocenters. The van der Waals surface area contributed by atoms with Crippen molar-refractivity contribution in [3.05, 3.63) is 41.7 Å². The minimum atomic E-state index is -0.329. The van der Waals surface area contributed by atoms with Gasteiger partial charge in [-0.15, -0.1) is 0 Å². The van der Waals surface area contributed by atoms with Crippen LogP contribution in [0.3, 0.4) is 0 Å². The normalized spacial score (nSPS) is 10.4. The van der Waals surface area contributed by atoms with Crippen LogP contribution in [0.15, 0.2) is 30.5 Å². The quantitative estimate of drug-likeness (QED) is 0.720. The van der Waals surface area contributed by atoms with Crippen LogP contribution in [0, 0.1) is 18.3 Å². The van der Waals surface area contributed by atoms with Crippen LogP contribution in [0.1, 0.15) is 18.2 Å². The molecule has 1 N–H and O–H groups in total. The molecular formula is C19H19N5O3. The van der Waals surface area contributed by atoms with Crippen molar-refractivity contribution in [2.24, 2.45) is 7.05 Å². The third-order valence-electron chi connectivity index (χ3n) is 3.88. The Morgan fingerprint density at radius 1 is 1.30 bits per heavy atom. The zero-order valence-electron chi connectivity index (χ0n) is 15.3. The van der Waals surface area contributed by atoms with Crippen LogP contribution in [0.25, 0.3) is 11.0 Å². The van der Waals surface area contributed by atoms with Gasteiger partial charge in [0.25, 0.3) is 5.91 Å². The molecule has 0 fully saturated rings. The highest BCUT2D eigenvalue weighted by Gasteiger charge is 2.11. The SMILES string of the molecule is CCOc1cc(C#N)ccc1OCC(=O)Nc1cnc2c(c1)c(C)nn2C. The predicted molar refractivity (Wildman–Crippen MR) is 99.7 cm³/mol. The van der Waals surface area contributed by atoms with Crippen molar-refractivity contribution in [2.75, 3.05) is 18.5 Å². The van der Waals surface area contributed by atoms with Gasteiger partial charge in [0.05, 0.1) is 35.8 Å². The molecule has 8 nitrogen and oxygen atoms in total. The summed E-state index contributed by atoms with van der Waals surface area (Å²) >= 11 is 0. The van der Waals surface area contributed by atoms with Gasteiger partial charge in [-0.2, -0.15) is 10.4 Å². The second-order valence-corrected chi connectivity index (χ2v) is 5.85. The maximum absolute atomic E-state index is 12.2. The fraction of sp³-hybridized carbons (Fsp3) is 0.263. The summed E-state index contributed by atoms with van der Waals surface area (Å²) in [5.74, 6) is 0.505. The van der Waals surface area contributed by atoms with Gasteiger partial charge in [-0.1, -0.05) is 0 Å². The van der Waals surface area contributed by atoms with Crippen molar-refractivity contribution in [3.8, 4) is 17.6 Å². The van der Waals surface area contributed by atoms with E-state index in [4.69, 9.17) is 14.7 Å². The summed E-state index contributed by atoms with van der Waals surface area (Å²) < 4.78 is 12.7. The van der Waals surface area contributed by atoms with Gasteiger partial charge in [0.2, 0.25) is 0 Å². The monoisotopic (exact) mass is 365 g/mol. The zero-order chi connectivity index (χ0) is 19.4. The first-order chi connectivity index (χ1) is 13.0. The number of nitriles is 1. The Labute approximate surface area is 156 Å². The number of hydrogen-bond donors (Lipinski definition) is 1. The van der Waals surface area contributed by atoms with Crippen molar-refractivity contribution in [2.45, 2.75) is 13.8 Å². The average Bonchev–Trinajstić information content (AvgIpc) is 2.94. The number of ether oxygens (including phenoxy) is 2. The number of aryl methyl sites for hydroxylation is 2. The Kier molecular flexibility index (Phi) is 5.22. The molecule has 0 bridgehead atoms. The van der Waals surface area contributed by atoms with Gasteiger partial charge >= 0.3 is 0 Å². The summed E-state index contributed by atoms with van der Waals surface area (Å²) in [5.41, 5.74) is 2.62. The standard InChI is InChI=1S/C19H19N5O3/c1-4-26-17-7-13(9-20)5-6-16(17)27-11-18(25)22-14-8-15-12(2)23-24(3)19(15)21-10-14/h5-8,10H,4,11H2,1-3H3,(H,22,25). The fourth-order valence-corrected chi connectivity index (χ4v) is 2.68. The van der Waals surface area contributed by atoms with E-state index in [1.807, 2.05) is 33.0 Å². The van der Waals surface area contributed by atoms with E-state index in [1.165, 1.54) is 0 Å². The molecule has 8 heteroatoms. The lowest BCUT2D eigenvalue weighted by atomic mass is 10.2.